The van der Waals surface area contributed by atoms with E-state index in [2.05, 4.69) is 17.3 Å². The lowest BCUT2D eigenvalue weighted by Gasteiger charge is -2.07. The van der Waals surface area contributed by atoms with Crippen molar-refractivity contribution in [2.45, 2.75) is 39.7 Å². The maximum Gasteiger partial charge on any atom is 0.236 e. The summed E-state index contributed by atoms with van der Waals surface area (Å²) >= 11 is 0. The van der Waals surface area contributed by atoms with Crippen LogP contribution in [0.25, 0.3) is 0 Å². The zero-order chi connectivity index (χ0) is 13.0. The smallest absolute Gasteiger partial charge is 0.236 e. The molecule has 104 valence electrons. The largest absolute Gasteiger partial charge is 0.355 e. The molecule has 1 unspecified atom stereocenters. The monoisotopic (exact) mass is 274 g/mol. The van der Waals surface area contributed by atoms with Gasteiger partial charge in [-0.3, -0.25) is 9.48 Å². The average Bonchev–Trinajstić information content (AvgIpc) is 2.49. The van der Waals surface area contributed by atoms with Crippen LogP contribution in [0.4, 0.5) is 0 Å². The number of aryl methyl sites for hydroxylation is 2. The maximum absolute atomic E-state index is 11.2. The van der Waals surface area contributed by atoms with Gasteiger partial charge < -0.3 is 11.1 Å². The van der Waals surface area contributed by atoms with E-state index in [1.165, 1.54) is 11.3 Å². The third kappa shape index (κ3) is 4.31. The Hall–Kier alpha value is -1.07. The summed E-state index contributed by atoms with van der Waals surface area (Å²) in [4.78, 5) is 11.2. The van der Waals surface area contributed by atoms with Gasteiger partial charge in [0.15, 0.2) is 0 Å². The van der Waals surface area contributed by atoms with Crippen LogP contribution in [0.1, 0.15) is 30.3 Å². The molecule has 18 heavy (non-hydrogen) atoms. The third-order valence-corrected chi connectivity index (χ3v) is 2.98. The molecule has 5 nitrogen and oxygen atoms in total. The van der Waals surface area contributed by atoms with Gasteiger partial charge in [0.1, 0.15) is 0 Å². The van der Waals surface area contributed by atoms with Crippen molar-refractivity contribution in [3.63, 3.8) is 0 Å². The molecule has 0 aromatic carbocycles. The molecule has 1 aromatic heterocycles. The fourth-order valence-electron chi connectivity index (χ4n) is 1.82. The molecule has 1 atom stereocenters. The molecule has 0 spiro atoms. The second-order valence-corrected chi connectivity index (χ2v) is 4.46. The van der Waals surface area contributed by atoms with Gasteiger partial charge in [0.2, 0.25) is 5.91 Å². The van der Waals surface area contributed by atoms with Gasteiger partial charge in [-0.05, 0) is 39.2 Å². The van der Waals surface area contributed by atoms with Crippen molar-refractivity contribution >= 4 is 18.3 Å². The summed E-state index contributed by atoms with van der Waals surface area (Å²) in [5.74, 6) is -0.0929. The number of nitrogens with one attached hydrogen (secondary N) is 1. The predicted molar refractivity (Wildman–Crippen MR) is 74.9 cm³/mol. The van der Waals surface area contributed by atoms with Crippen molar-refractivity contribution in [1.82, 2.24) is 15.1 Å². The molecule has 0 aliphatic heterocycles. The van der Waals surface area contributed by atoms with Crippen molar-refractivity contribution in [2.75, 3.05) is 6.54 Å². The van der Waals surface area contributed by atoms with Gasteiger partial charge in [-0.15, -0.1) is 12.4 Å². The predicted octanol–water partition coefficient (Wildman–Crippen LogP) is 0.855. The van der Waals surface area contributed by atoms with Crippen LogP contribution in [0.3, 0.4) is 0 Å². The van der Waals surface area contributed by atoms with Gasteiger partial charge in [0.05, 0.1) is 11.7 Å². The normalized spacial score (nSPS) is 11.8. The van der Waals surface area contributed by atoms with E-state index in [1.54, 1.807) is 6.92 Å². The highest BCUT2D eigenvalue weighted by Crippen LogP contribution is 2.13. The summed E-state index contributed by atoms with van der Waals surface area (Å²) in [6, 6.07) is -0.433. The Morgan fingerprint density at radius 3 is 2.56 bits per heavy atom. The van der Waals surface area contributed by atoms with Crippen molar-refractivity contribution < 1.29 is 4.79 Å². The SMILES string of the molecule is Cc1nn(C)c(C)c1CCCNC(=O)C(C)N.Cl. The summed E-state index contributed by atoms with van der Waals surface area (Å²) in [7, 11) is 1.95. The van der Waals surface area contributed by atoms with E-state index in [0.717, 1.165) is 18.5 Å². The van der Waals surface area contributed by atoms with E-state index >= 15 is 0 Å². The van der Waals surface area contributed by atoms with Gasteiger partial charge in [0, 0.05) is 19.3 Å². The zero-order valence-corrected chi connectivity index (χ0v) is 12.3. The van der Waals surface area contributed by atoms with Crippen molar-refractivity contribution in [1.29, 1.82) is 0 Å². The molecular formula is C12H23ClN4O. The van der Waals surface area contributed by atoms with Crippen LogP contribution >= 0.6 is 12.4 Å². The van der Waals surface area contributed by atoms with Crippen LogP contribution in [0.15, 0.2) is 0 Å². The van der Waals surface area contributed by atoms with E-state index in [1.807, 2.05) is 18.7 Å². The number of carbonyl (C=O) groups is 1. The molecule has 0 saturated carbocycles. The lowest BCUT2D eigenvalue weighted by atomic mass is 10.1. The van der Waals surface area contributed by atoms with Crippen LogP contribution in [-0.4, -0.2) is 28.3 Å². The van der Waals surface area contributed by atoms with E-state index in [4.69, 9.17) is 5.73 Å². The number of hydrogen-bond donors (Lipinski definition) is 2. The minimum absolute atomic E-state index is 0. The summed E-state index contributed by atoms with van der Waals surface area (Å²) in [5, 5.41) is 7.17. The first-order chi connectivity index (χ1) is 7.93. The van der Waals surface area contributed by atoms with Crippen molar-refractivity contribution in [3.05, 3.63) is 17.0 Å². The first kappa shape index (κ1) is 16.9. The molecule has 6 heteroatoms. The van der Waals surface area contributed by atoms with Crippen LogP contribution in [-0.2, 0) is 18.3 Å². The Morgan fingerprint density at radius 1 is 1.50 bits per heavy atom. The summed E-state index contributed by atoms with van der Waals surface area (Å²) in [6.07, 6.45) is 1.84. The number of nitrogens with zero attached hydrogens (tertiary/aromatic N) is 2. The van der Waals surface area contributed by atoms with Gasteiger partial charge in [0.25, 0.3) is 0 Å². The molecule has 0 bridgehead atoms. The second-order valence-electron chi connectivity index (χ2n) is 4.46. The van der Waals surface area contributed by atoms with E-state index < -0.39 is 6.04 Å². The maximum atomic E-state index is 11.2. The van der Waals surface area contributed by atoms with Gasteiger partial charge in [-0.25, -0.2) is 0 Å². The molecule has 1 heterocycles. The highest BCUT2D eigenvalue weighted by Gasteiger charge is 2.09. The molecule has 1 rings (SSSR count). The van der Waals surface area contributed by atoms with Crippen molar-refractivity contribution in [3.8, 4) is 0 Å². The van der Waals surface area contributed by atoms with Gasteiger partial charge in [-0.1, -0.05) is 0 Å². The second kappa shape index (κ2) is 7.38. The Bertz CT molecular complexity index is 401. The Kier molecular flexibility index (Phi) is 6.94. The third-order valence-electron chi connectivity index (χ3n) is 2.98. The number of hydrogen-bond acceptors (Lipinski definition) is 3. The summed E-state index contributed by atoms with van der Waals surface area (Å²) < 4.78 is 1.89. The zero-order valence-electron chi connectivity index (χ0n) is 11.5. The summed E-state index contributed by atoms with van der Waals surface area (Å²) in [5.41, 5.74) is 9.00. The highest BCUT2D eigenvalue weighted by atomic mass is 35.5. The van der Waals surface area contributed by atoms with Crippen LogP contribution in [0.2, 0.25) is 0 Å². The minimum Gasteiger partial charge on any atom is -0.355 e. The Labute approximate surface area is 115 Å². The van der Waals surface area contributed by atoms with Gasteiger partial charge in [-0.2, -0.15) is 5.10 Å². The standard InChI is InChI=1S/C12H22N4O.ClH/c1-8(13)12(17)14-7-5-6-11-9(2)15-16(4)10(11)3;/h8H,5-7,13H2,1-4H3,(H,14,17);1H. The van der Waals surface area contributed by atoms with Crippen molar-refractivity contribution in [2.24, 2.45) is 12.8 Å². The number of aromatic nitrogens is 2. The van der Waals surface area contributed by atoms with Crippen LogP contribution in [0.5, 0.6) is 0 Å². The van der Waals surface area contributed by atoms with Crippen LogP contribution < -0.4 is 11.1 Å². The molecular weight excluding hydrogens is 252 g/mol. The topological polar surface area (TPSA) is 72.9 Å². The molecule has 0 aliphatic rings. The molecule has 0 aliphatic carbocycles. The fraction of sp³-hybridized carbons (Fsp3) is 0.667. The lowest BCUT2D eigenvalue weighted by molar-refractivity contribution is -0.121. The first-order valence-corrected chi connectivity index (χ1v) is 5.96. The van der Waals surface area contributed by atoms with E-state index in [0.29, 0.717) is 6.54 Å². The number of amides is 1. The Morgan fingerprint density at radius 2 is 2.11 bits per heavy atom. The highest BCUT2D eigenvalue weighted by molar-refractivity contribution is 5.85. The molecule has 0 fully saturated rings. The van der Waals surface area contributed by atoms with E-state index in [-0.39, 0.29) is 18.3 Å². The average molecular weight is 275 g/mol. The minimum atomic E-state index is -0.433. The molecule has 0 radical (unpaired) electrons. The number of nitrogens with two attached hydrogens (primary N) is 1. The van der Waals surface area contributed by atoms with Gasteiger partial charge >= 0.3 is 0 Å². The number of rotatable bonds is 5. The summed E-state index contributed by atoms with van der Waals surface area (Å²) in [6.45, 7) is 6.43. The first-order valence-electron chi connectivity index (χ1n) is 5.96. The number of carbonyl (C=O) groups excluding carboxylic acids is 1. The molecule has 1 aromatic rings. The van der Waals surface area contributed by atoms with E-state index in [9.17, 15) is 4.79 Å². The number of halogens is 1. The molecule has 0 saturated heterocycles. The quantitative estimate of drug-likeness (QED) is 0.782. The van der Waals surface area contributed by atoms with Crippen LogP contribution in [0, 0.1) is 13.8 Å². The Balaban J connectivity index is 0.00000289. The lowest BCUT2D eigenvalue weighted by Crippen LogP contribution is -2.38. The molecule has 3 N–H and O–H groups in total. The molecule has 1 amide bonds. The fourth-order valence-corrected chi connectivity index (χ4v) is 1.82.